The van der Waals surface area contributed by atoms with Gasteiger partial charge in [-0.1, -0.05) is 13.0 Å². The molecule has 0 radical (unpaired) electrons. The van der Waals surface area contributed by atoms with Crippen LogP contribution in [0.1, 0.15) is 71.2 Å². The minimum atomic E-state index is -0.630. The zero-order valence-electron chi connectivity index (χ0n) is 25.1. The Morgan fingerprint density at radius 1 is 1.12 bits per heavy atom. The molecule has 0 saturated carbocycles. The van der Waals surface area contributed by atoms with E-state index in [0.717, 1.165) is 53.4 Å². The van der Waals surface area contributed by atoms with Crippen molar-refractivity contribution >= 4 is 28.6 Å². The van der Waals surface area contributed by atoms with E-state index in [4.69, 9.17) is 14.5 Å². The van der Waals surface area contributed by atoms with E-state index >= 15 is 0 Å². The van der Waals surface area contributed by atoms with Crippen LogP contribution in [0.3, 0.4) is 0 Å². The van der Waals surface area contributed by atoms with Crippen LogP contribution in [0.2, 0.25) is 0 Å². The zero-order valence-corrected chi connectivity index (χ0v) is 25.1. The van der Waals surface area contributed by atoms with E-state index in [-0.39, 0.29) is 11.9 Å². The Labute approximate surface area is 247 Å². The van der Waals surface area contributed by atoms with Crippen LogP contribution in [-0.2, 0) is 27.3 Å². The molecule has 4 bridgehead atoms. The Bertz CT molecular complexity index is 1400. The van der Waals surface area contributed by atoms with Crippen molar-refractivity contribution in [3.8, 4) is 11.1 Å². The minimum Gasteiger partial charge on any atom is -0.444 e. The lowest BCUT2D eigenvalue weighted by molar-refractivity contribution is -0.127. The maximum absolute atomic E-state index is 13.3. The van der Waals surface area contributed by atoms with E-state index in [1.54, 1.807) is 4.90 Å². The van der Waals surface area contributed by atoms with Crippen molar-refractivity contribution in [2.24, 2.45) is 0 Å². The van der Waals surface area contributed by atoms with Gasteiger partial charge in [-0.3, -0.25) is 14.7 Å². The predicted octanol–water partition coefficient (Wildman–Crippen LogP) is 5.25. The van der Waals surface area contributed by atoms with Crippen LogP contribution in [-0.4, -0.2) is 69.2 Å². The number of piperidine rings is 1. The highest BCUT2D eigenvalue weighted by Gasteiger charge is 2.38. The van der Waals surface area contributed by atoms with Gasteiger partial charge in [-0.2, -0.15) is 0 Å². The first kappa shape index (κ1) is 29.7. The number of fused-ring (bicyclic) bond motifs is 3. The van der Waals surface area contributed by atoms with Crippen LogP contribution < -0.4 is 10.6 Å². The fourth-order valence-electron chi connectivity index (χ4n) is 5.63. The molecule has 2 N–H and O–H groups in total. The van der Waals surface area contributed by atoms with Crippen LogP contribution in [0.5, 0.6) is 0 Å². The Kier molecular flexibility index (Phi) is 9.21. The predicted molar refractivity (Wildman–Crippen MR) is 162 cm³/mol. The molecule has 0 unspecified atom stereocenters. The number of carbonyl (C=O) groups is 2. The average molecular weight is 575 g/mol. The third-order valence-corrected chi connectivity index (χ3v) is 7.63. The van der Waals surface area contributed by atoms with Crippen LogP contribution in [0.25, 0.3) is 22.0 Å². The lowest BCUT2D eigenvalue weighted by Crippen LogP contribution is -2.56. The van der Waals surface area contributed by atoms with Gasteiger partial charge in [0.05, 0.1) is 17.4 Å². The molecule has 0 spiro atoms. The molecule has 2 atom stereocenters. The van der Waals surface area contributed by atoms with E-state index in [1.807, 2.05) is 39.4 Å². The lowest BCUT2D eigenvalue weighted by atomic mass is 9.93. The number of carbonyl (C=O) groups excluding carboxylic acids is 2. The molecule has 10 nitrogen and oxygen atoms in total. The molecule has 42 heavy (non-hydrogen) atoms. The molecular formula is C32H42N6O4. The number of hydrogen-bond donors (Lipinski definition) is 2. The summed E-state index contributed by atoms with van der Waals surface area (Å²) in [6.45, 7) is 9.65. The van der Waals surface area contributed by atoms with Crippen molar-refractivity contribution < 1.29 is 19.1 Å². The van der Waals surface area contributed by atoms with Crippen molar-refractivity contribution in [2.45, 2.75) is 90.5 Å². The van der Waals surface area contributed by atoms with Crippen LogP contribution in [0, 0.1) is 0 Å². The number of amides is 2. The molecule has 1 saturated heterocycles. The topological polar surface area (TPSA) is 119 Å². The van der Waals surface area contributed by atoms with E-state index in [1.165, 1.54) is 5.56 Å². The van der Waals surface area contributed by atoms with E-state index in [9.17, 15) is 9.59 Å². The number of benzene rings is 1. The molecule has 2 aliphatic heterocycles. The highest BCUT2D eigenvalue weighted by molar-refractivity contribution is 5.91. The molecule has 1 fully saturated rings. The van der Waals surface area contributed by atoms with Gasteiger partial charge in [-0.15, -0.1) is 0 Å². The van der Waals surface area contributed by atoms with Gasteiger partial charge in [0.2, 0.25) is 5.91 Å². The monoisotopic (exact) mass is 574 g/mol. The Balaban J connectivity index is 1.43. The van der Waals surface area contributed by atoms with Gasteiger partial charge >= 0.3 is 6.09 Å². The molecule has 1 aromatic carbocycles. The summed E-state index contributed by atoms with van der Waals surface area (Å²) in [6.07, 6.45) is 9.77. The molecule has 0 aliphatic carbocycles. The standard InChI is InChI=1S/C32H42N6O4/c1-5-14-41-20-29-35-17-21(18-36-29)24-9-10-27-26-15-23(19-34-27)37-22-11-13-38(31(40)42-32(2,3)4)28(16-22)30(39)33-12-7-6-8-25(24)26/h9-10,15,17-19,22,28,37H,5-8,11-14,16,20H2,1-4H3,(H,33,39)/t22-,28-/m0/s1. The normalized spacial score (nSPS) is 19.6. The van der Waals surface area contributed by atoms with E-state index in [2.05, 4.69) is 45.7 Å². The maximum atomic E-state index is 13.3. The number of pyridine rings is 1. The second kappa shape index (κ2) is 13.0. The number of rotatable bonds is 5. The first-order valence-corrected chi connectivity index (χ1v) is 15.1. The van der Waals surface area contributed by atoms with Crippen LogP contribution in [0.4, 0.5) is 10.5 Å². The summed E-state index contributed by atoms with van der Waals surface area (Å²) in [5.41, 5.74) is 4.44. The second-order valence-corrected chi connectivity index (χ2v) is 12.1. The summed E-state index contributed by atoms with van der Waals surface area (Å²) in [4.78, 5) is 41.8. The molecule has 2 aliphatic rings. The second-order valence-electron chi connectivity index (χ2n) is 12.1. The van der Waals surface area contributed by atoms with Crippen molar-refractivity contribution in [3.05, 3.63) is 48.2 Å². The lowest BCUT2D eigenvalue weighted by Gasteiger charge is -2.39. The van der Waals surface area contributed by atoms with Gasteiger partial charge in [0.15, 0.2) is 5.82 Å². The summed E-state index contributed by atoms with van der Waals surface area (Å²) in [7, 11) is 0. The van der Waals surface area contributed by atoms with Gasteiger partial charge < -0.3 is 20.1 Å². The van der Waals surface area contributed by atoms with Crippen molar-refractivity contribution in [2.75, 3.05) is 25.0 Å². The quantitative estimate of drug-likeness (QED) is 0.397. The Morgan fingerprint density at radius 2 is 1.93 bits per heavy atom. The van der Waals surface area contributed by atoms with Gasteiger partial charge in [0.1, 0.15) is 18.2 Å². The van der Waals surface area contributed by atoms with Gasteiger partial charge in [0.25, 0.3) is 0 Å². The fourth-order valence-corrected chi connectivity index (χ4v) is 5.63. The third kappa shape index (κ3) is 7.15. The average Bonchev–Trinajstić information content (AvgIpc) is 2.96. The van der Waals surface area contributed by atoms with Crippen molar-refractivity contribution in [1.29, 1.82) is 0 Å². The minimum absolute atomic E-state index is 0.00383. The highest BCUT2D eigenvalue weighted by atomic mass is 16.6. The largest absolute Gasteiger partial charge is 0.444 e. The Hall–Kier alpha value is -3.79. The first-order valence-electron chi connectivity index (χ1n) is 15.1. The van der Waals surface area contributed by atoms with Crippen molar-refractivity contribution in [3.63, 3.8) is 0 Å². The zero-order chi connectivity index (χ0) is 29.7. The molecule has 5 rings (SSSR count). The number of nitrogens with one attached hydrogen (secondary N) is 2. The molecule has 4 heterocycles. The molecule has 3 aromatic rings. The first-order chi connectivity index (χ1) is 20.2. The van der Waals surface area contributed by atoms with Crippen molar-refractivity contribution in [1.82, 2.24) is 25.2 Å². The SMILES string of the molecule is CCCOCc1ncc(-c2ccc3ncc4cc3c2CCCCNC(=O)[C@@H]2C[C@H](CCN2C(=O)OC(C)(C)C)N4)cn1. The summed E-state index contributed by atoms with van der Waals surface area (Å²) >= 11 is 0. The molecule has 2 aromatic heterocycles. The Morgan fingerprint density at radius 3 is 2.69 bits per heavy atom. The number of hydrogen-bond acceptors (Lipinski definition) is 8. The van der Waals surface area contributed by atoms with Gasteiger partial charge in [-0.25, -0.2) is 14.8 Å². The van der Waals surface area contributed by atoms with Gasteiger partial charge in [-0.05, 0) is 82.6 Å². The summed E-state index contributed by atoms with van der Waals surface area (Å²) < 4.78 is 11.2. The number of ether oxygens (including phenoxy) is 2. The van der Waals surface area contributed by atoms with Gasteiger partial charge in [0, 0.05) is 49.1 Å². The molecule has 2 amide bonds. The third-order valence-electron chi connectivity index (χ3n) is 7.63. The highest BCUT2D eigenvalue weighted by Crippen LogP contribution is 2.33. The van der Waals surface area contributed by atoms with Crippen LogP contribution in [0.15, 0.2) is 36.8 Å². The fraction of sp³-hybridized carbons (Fsp3) is 0.531. The van der Waals surface area contributed by atoms with E-state index in [0.29, 0.717) is 45.0 Å². The maximum Gasteiger partial charge on any atom is 0.410 e. The number of aryl methyl sites for hydroxylation is 1. The molecule has 224 valence electrons. The number of aromatic nitrogens is 3. The van der Waals surface area contributed by atoms with E-state index < -0.39 is 17.7 Å². The smallest absolute Gasteiger partial charge is 0.410 e. The molecule has 10 heteroatoms. The number of anilines is 1. The molecular weight excluding hydrogens is 532 g/mol. The summed E-state index contributed by atoms with van der Waals surface area (Å²) in [5.74, 6) is 0.531. The summed E-state index contributed by atoms with van der Waals surface area (Å²) in [6, 6.07) is 5.72. The number of nitrogens with zero attached hydrogens (tertiary/aromatic N) is 4. The van der Waals surface area contributed by atoms with Crippen LogP contribution >= 0.6 is 0 Å². The number of likely N-dealkylation sites (tertiary alicyclic amines) is 1. The summed E-state index contributed by atoms with van der Waals surface area (Å²) in [5, 5.41) is 7.79.